The van der Waals surface area contributed by atoms with E-state index in [1.807, 2.05) is 30.3 Å². The molecule has 10 rings (SSSR count). The third-order valence-electron chi connectivity index (χ3n) is 9.71. The molecule has 230 valence electrons. The molecule has 0 saturated carbocycles. The molecule has 49 heavy (non-hydrogen) atoms. The van der Waals surface area contributed by atoms with E-state index in [1.165, 1.54) is 32.3 Å². The summed E-state index contributed by atoms with van der Waals surface area (Å²) in [6.45, 7) is 0. The number of para-hydroxylation sites is 1. The Bertz CT molecular complexity index is 2810. The first-order chi connectivity index (χ1) is 24.3. The molecule has 0 bridgehead atoms. The van der Waals surface area contributed by atoms with Crippen molar-refractivity contribution in [2.24, 2.45) is 9.98 Å². The van der Waals surface area contributed by atoms with Crippen LogP contribution in [0.25, 0.3) is 65.4 Å². The van der Waals surface area contributed by atoms with Gasteiger partial charge in [-0.15, -0.1) is 0 Å². The lowest BCUT2D eigenvalue weighted by Gasteiger charge is -2.25. The van der Waals surface area contributed by atoms with Crippen molar-refractivity contribution in [3.63, 3.8) is 0 Å². The molecule has 1 N–H and O–H groups in total. The SMILES string of the molecule is c1ccc(C2=NC(c3ccc(-c4ccc5ccccc5c4)c4oc5ccccc5c34)=NC(c3cc4ccccc4c4ccccc34)N2)cc1. The van der Waals surface area contributed by atoms with Crippen LogP contribution in [-0.2, 0) is 0 Å². The topological polar surface area (TPSA) is 49.9 Å². The van der Waals surface area contributed by atoms with E-state index < -0.39 is 0 Å². The minimum atomic E-state index is -0.370. The number of hydrogen-bond acceptors (Lipinski definition) is 4. The van der Waals surface area contributed by atoms with Crippen LogP contribution in [0.5, 0.6) is 0 Å². The van der Waals surface area contributed by atoms with Gasteiger partial charge >= 0.3 is 0 Å². The highest BCUT2D eigenvalue weighted by atomic mass is 16.3. The van der Waals surface area contributed by atoms with E-state index in [9.17, 15) is 0 Å². The number of fused-ring (bicyclic) bond motifs is 7. The van der Waals surface area contributed by atoms with Gasteiger partial charge in [-0.2, -0.15) is 0 Å². The van der Waals surface area contributed by atoms with Crippen LogP contribution in [-0.4, -0.2) is 11.7 Å². The van der Waals surface area contributed by atoms with Gasteiger partial charge in [-0.05, 0) is 68.2 Å². The number of furan rings is 1. The van der Waals surface area contributed by atoms with Crippen molar-refractivity contribution in [1.82, 2.24) is 5.32 Å². The zero-order valence-electron chi connectivity index (χ0n) is 26.5. The van der Waals surface area contributed by atoms with Crippen LogP contribution in [0.15, 0.2) is 178 Å². The summed E-state index contributed by atoms with van der Waals surface area (Å²) in [5.41, 5.74) is 6.87. The molecular formula is C45H29N3O. The molecule has 0 radical (unpaired) electrons. The second-order valence-corrected chi connectivity index (χ2v) is 12.6. The van der Waals surface area contributed by atoms with E-state index in [2.05, 4.69) is 139 Å². The number of benzene rings is 8. The highest BCUT2D eigenvalue weighted by Crippen LogP contribution is 2.40. The van der Waals surface area contributed by atoms with E-state index >= 15 is 0 Å². The average Bonchev–Trinajstić information content (AvgIpc) is 3.57. The van der Waals surface area contributed by atoms with Crippen molar-refractivity contribution in [2.75, 3.05) is 0 Å². The minimum absolute atomic E-state index is 0.370. The lowest BCUT2D eigenvalue weighted by molar-refractivity contribution is 0.669. The third-order valence-corrected chi connectivity index (χ3v) is 9.71. The van der Waals surface area contributed by atoms with Gasteiger partial charge in [0.1, 0.15) is 23.2 Å². The Morgan fingerprint density at radius 1 is 0.490 bits per heavy atom. The highest BCUT2D eigenvalue weighted by Gasteiger charge is 2.26. The monoisotopic (exact) mass is 627 g/mol. The minimum Gasteiger partial charge on any atom is -0.455 e. The van der Waals surface area contributed by atoms with Gasteiger partial charge in [0.25, 0.3) is 0 Å². The maximum Gasteiger partial charge on any atom is 0.160 e. The lowest BCUT2D eigenvalue weighted by atomic mass is 9.94. The molecule has 1 unspecified atom stereocenters. The maximum absolute atomic E-state index is 6.69. The molecule has 0 spiro atoms. The number of rotatable bonds is 4. The smallest absolute Gasteiger partial charge is 0.160 e. The number of nitrogens with one attached hydrogen (secondary N) is 1. The molecule has 1 atom stereocenters. The van der Waals surface area contributed by atoms with Gasteiger partial charge in [-0.25, -0.2) is 9.98 Å². The molecule has 0 saturated heterocycles. The first-order valence-electron chi connectivity index (χ1n) is 16.6. The van der Waals surface area contributed by atoms with Crippen LogP contribution in [0.3, 0.4) is 0 Å². The summed E-state index contributed by atoms with van der Waals surface area (Å²) in [7, 11) is 0. The first kappa shape index (κ1) is 27.6. The van der Waals surface area contributed by atoms with Gasteiger partial charge in [-0.3, -0.25) is 0 Å². The van der Waals surface area contributed by atoms with Crippen molar-refractivity contribution < 1.29 is 4.42 Å². The van der Waals surface area contributed by atoms with E-state index in [1.54, 1.807) is 0 Å². The summed E-state index contributed by atoms with van der Waals surface area (Å²) in [4.78, 5) is 10.6. The molecule has 1 aromatic heterocycles. The Balaban J connectivity index is 1.23. The Kier molecular flexibility index (Phi) is 6.21. The van der Waals surface area contributed by atoms with E-state index in [0.29, 0.717) is 5.84 Å². The predicted molar refractivity (Wildman–Crippen MR) is 204 cm³/mol. The van der Waals surface area contributed by atoms with Gasteiger partial charge in [0.15, 0.2) is 5.84 Å². The van der Waals surface area contributed by atoms with Crippen LogP contribution in [0.1, 0.15) is 22.9 Å². The van der Waals surface area contributed by atoms with Crippen LogP contribution in [0.4, 0.5) is 0 Å². The predicted octanol–water partition coefficient (Wildman–Crippen LogP) is 11.2. The van der Waals surface area contributed by atoms with Gasteiger partial charge < -0.3 is 9.73 Å². The summed E-state index contributed by atoms with van der Waals surface area (Å²) < 4.78 is 6.69. The number of amidine groups is 2. The highest BCUT2D eigenvalue weighted by molar-refractivity contribution is 6.24. The molecule has 0 fully saturated rings. The fourth-order valence-electron chi connectivity index (χ4n) is 7.38. The third kappa shape index (κ3) is 4.53. The summed E-state index contributed by atoms with van der Waals surface area (Å²) in [5.74, 6) is 1.45. The summed E-state index contributed by atoms with van der Waals surface area (Å²) in [6.07, 6.45) is -0.370. The zero-order valence-corrected chi connectivity index (χ0v) is 26.5. The normalized spacial score (nSPS) is 14.7. The molecule has 2 heterocycles. The molecule has 1 aliphatic rings. The van der Waals surface area contributed by atoms with E-state index in [-0.39, 0.29) is 6.17 Å². The molecular weight excluding hydrogens is 599 g/mol. The lowest BCUT2D eigenvalue weighted by Crippen LogP contribution is -2.33. The summed E-state index contributed by atoms with van der Waals surface area (Å²) in [6, 6.07) is 57.4. The number of aliphatic imine (C=N–C) groups is 2. The number of hydrogen-bond donors (Lipinski definition) is 1. The average molecular weight is 628 g/mol. The van der Waals surface area contributed by atoms with Crippen LogP contribution >= 0.6 is 0 Å². The van der Waals surface area contributed by atoms with E-state index in [0.717, 1.165) is 55.6 Å². The molecule has 1 aliphatic heterocycles. The van der Waals surface area contributed by atoms with Crippen LogP contribution < -0.4 is 5.32 Å². The van der Waals surface area contributed by atoms with Gasteiger partial charge in [-0.1, -0.05) is 133 Å². The fraction of sp³-hybridized carbons (Fsp3) is 0.0222. The Morgan fingerprint density at radius 3 is 2.02 bits per heavy atom. The quantitative estimate of drug-likeness (QED) is 0.197. The van der Waals surface area contributed by atoms with Crippen LogP contribution in [0.2, 0.25) is 0 Å². The Labute approximate surface area is 282 Å². The number of nitrogens with zero attached hydrogens (tertiary/aromatic N) is 2. The van der Waals surface area contributed by atoms with Crippen molar-refractivity contribution >= 4 is 65.9 Å². The Hall–Kier alpha value is -6.52. The molecule has 0 amide bonds. The largest absolute Gasteiger partial charge is 0.455 e. The van der Waals surface area contributed by atoms with E-state index in [4.69, 9.17) is 14.4 Å². The van der Waals surface area contributed by atoms with Gasteiger partial charge in [0.2, 0.25) is 0 Å². The Morgan fingerprint density at radius 2 is 1.16 bits per heavy atom. The van der Waals surface area contributed by atoms with Crippen molar-refractivity contribution in [1.29, 1.82) is 0 Å². The fourth-order valence-corrected chi connectivity index (χ4v) is 7.38. The first-order valence-corrected chi connectivity index (χ1v) is 16.6. The second kappa shape index (κ2) is 11.0. The molecule has 4 nitrogen and oxygen atoms in total. The van der Waals surface area contributed by atoms with Gasteiger partial charge in [0, 0.05) is 33.0 Å². The van der Waals surface area contributed by atoms with Crippen molar-refractivity contribution in [2.45, 2.75) is 6.17 Å². The maximum atomic E-state index is 6.69. The van der Waals surface area contributed by atoms with Crippen LogP contribution in [0, 0.1) is 0 Å². The second-order valence-electron chi connectivity index (χ2n) is 12.6. The summed E-state index contributed by atoms with van der Waals surface area (Å²) in [5, 5.41) is 13.0. The van der Waals surface area contributed by atoms with Gasteiger partial charge in [0.05, 0.1) is 0 Å². The van der Waals surface area contributed by atoms with Crippen molar-refractivity contribution in [3.05, 3.63) is 180 Å². The molecule has 9 aromatic rings. The van der Waals surface area contributed by atoms with Crippen molar-refractivity contribution in [3.8, 4) is 11.1 Å². The molecule has 0 aliphatic carbocycles. The molecule has 4 heteroatoms. The standard InChI is InChI=1S/C45H29N3O/c1-2-13-29(14-3-1)43-46-44(48-45(47-43)39-27-31-16-6-7-17-33(31)35-18-8-9-19-36(35)39)38-25-24-34(32-23-22-28-12-4-5-15-30(28)26-32)42-41(38)37-20-10-11-21-40(37)49-42/h1-27,45H,(H,46,47,48). The summed E-state index contributed by atoms with van der Waals surface area (Å²) >= 11 is 0. The molecule has 8 aromatic carbocycles. The zero-order chi connectivity index (χ0) is 32.3.